The maximum atomic E-state index is 5.66. The van der Waals surface area contributed by atoms with E-state index in [1.807, 2.05) is 19.1 Å². The van der Waals surface area contributed by atoms with E-state index in [1.54, 1.807) is 6.20 Å². The average molecular weight is 271 g/mol. The van der Waals surface area contributed by atoms with E-state index in [4.69, 9.17) is 10.5 Å². The minimum absolute atomic E-state index is 0.133. The Morgan fingerprint density at radius 2 is 1.80 bits per heavy atom. The third-order valence-electron chi connectivity index (χ3n) is 3.21. The lowest BCUT2D eigenvalue weighted by atomic mass is 9.87. The van der Waals surface area contributed by atoms with Crippen LogP contribution in [0.4, 0.5) is 0 Å². The van der Waals surface area contributed by atoms with Crippen LogP contribution in [0.25, 0.3) is 0 Å². The van der Waals surface area contributed by atoms with E-state index in [0.29, 0.717) is 12.6 Å². The molecule has 4 nitrogen and oxygen atoms in total. The smallest absolute Gasteiger partial charge is 0.322 e. The predicted octanol–water partition coefficient (Wildman–Crippen LogP) is 3.33. The van der Waals surface area contributed by atoms with Gasteiger partial charge in [-0.1, -0.05) is 32.9 Å². The third kappa shape index (κ3) is 3.33. The monoisotopic (exact) mass is 271 g/mol. The summed E-state index contributed by atoms with van der Waals surface area (Å²) < 4.78 is 5.66. The molecule has 1 aromatic carbocycles. The highest BCUT2D eigenvalue weighted by molar-refractivity contribution is 5.32. The lowest BCUT2D eigenvalue weighted by Crippen LogP contribution is -2.10. The highest BCUT2D eigenvalue weighted by Crippen LogP contribution is 2.25. The number of nitrogens with two attached hydrogens (primary N) is 1. The molecule has 0 aliphatic carbocycles. The first-order valence-electron chi connectivity index (χ1n) is 6.71. The van der Waals surface area contributed by atoms with Gasteiger partial charge in [-0.25, -0.2) is 4.98 Å². The summed E-state index contributed by atoms with van der Waals surface area (Å²) in [6.07, 6.45) is 1.71. The molecular formula is C16H21N3O. The van der Waals surface area contributed by atoms with Crippen LogP contribution in [0, 0.1) is 6.92 Å². The van der Waals surface area contributed by atoms with Gasteiger partial charge in [0.25, 0.3) is 0 Å². The molecule has 0 radical (unpaired) electrons. The lowest BCUT2D eigenvalue weighted by Gasteiger charge is -2.19. The molecule has 2 rings (SSSR count). The summed E-state index contributed by atoms with van der Waals surface area (Å²) >= 11 is 0. The zero-order valence-corrected chi connectivity index (χ0v) is 12.5. The first kappa shape index (κ1) is 14.5. The van der Waals surface area contributed by atoms with Gasteiger partial charge in [0.2, 0.25) is 0 Å². The standard InChI is InChI=1S/C16H21N3O/c1-11-12(9-17)10-18-15(19-11)20-14-7-5-13(6-8-14)16(2,3)4/h5-8,10H,9,17H2,1-4H3. The molecule has 0 spiro atoms. The van der Waals surface area contributed by atoms with Gasteiger partial charge in [0.1, 0.15) is 5.75 Å². The molecule has 0 saturated carbocycles. The average Bonchev–Trinajstić information content (AvgIpc) is 2.38. The van der Waals surface area contributed by atoms with Gasteiger partial charge in [0.15, 0.2) is 0 Å². The molecular weight excluding hydrogens is 250 g/mol. The molecule has 0 aliphatic heterocycles. The molecule has 2 aromatic rings. The second-order valence-corrected chi connectivity index (χ2v) is 5.84. The molecule has 0 saturated heterocycles. The van der Waals surface area contributed by atoms with Crippen molar-refractivity contribution in [3.8, 4) is 11.8 Å². The maximum Gasteiger partial charge on any atom is 0.322 e. The molecule has 0 fully saturated rings. The topological polar surface area (TPSA) is 61.0 Å². The molecule has 0 atom stereocenters. The van der Waals surface area contributed by atoms with Gasteiger partial charge < -0.3 is 10.5 Å². The van der Waals surface area contributed by atoms with Crippen molar-refractivity contribution in [1.82, 2.24) is 9.97 Å². The number of ether oxygens (including phenoxy) is 1. The minimum atomic E-state index is 0.133. The Kier molecular flexibility index (Phi) is 4.04. The zero-order chi connectivity index (χ0) is 14.8. The van der Waals surface area contributed by atoms with Crippen LogP contribution >= 0.6 is 0 Å². The molecule has 0 amide bonds. The van der Waals surface area contributed by atoms with Crippen LogP contribution in [0.15, 0.2) is 30.5 Å². The minimum Gasteiger partial charge on any atom is -0.424 e. The molecule has 0 aliphatic rings. The molecule has 0 bridgehead atoms. The summed E-state index contributed by atoms with van der Waals surface area (Å²) in [5.74, 6) is 0.734. The number of rotatable bonds is 3. The van der Waals surface area contributed by atoms with Crippen LogP contribution in [0.3, 0.4) is 0 Å². The molecule has 1 aromatic heterocycles. The second-order valence-electron chi connectivity index (χ2n) is 5.84. The number of hydrogen-bond donors (Lipinski definition) is 1. The number of hydrogen-bond acceptors (Lipinski definition) is 4. The van der Waals surface area contributed by atoms with Crippen LogP contribution in [-0.4, -0.2) is 9.97 Å². The highest BCUT2D eigenvalue weighted by Gasteiger charge is 2.13. The van der Waals surface area contributed by atoms with Crippen molar-refractivity contribution in [2.75, 3.05) is 0 Å². The van der Waals surface area contributed by atoms with Gasteiger partial charge >= 0.3 is 6.01 Å². The lowest BCUT2D eigenvalue weighted by molar-refractivity contribution is 0.438. The van der Waals surface area contributed by atoms with E-state index >= 15 is 0 Å². The number of nitrogens with zero attached hydrogens (tertiary/aromatic N) is 2. The van der Waals surface area contributed by atoms with Gasteiger partial charge in [0, 0.05) is 24.0 Å². The Hall–Kier alpha value is -1.94. The number of benzene rings is 1. The largest absolute Gasteiger partial charge is 0.424 e. The fraction of sp³-hybridized carbons (Fsp3) is 0.375. The van der Waals surface area contributed by atoms with E-state index in [-0.39, 0.29) is 5.41 Å². The van der Waals surface area contributed by atoms with Crippen molar-refractivity contribution in [2.45, 2.75) is 39.7 Å². The van der Waals surface area contributed by atoms with Crippen molar-refractivity contribution in [3.05, 3.63) is 47.3 Å². The summed E-state index contributed by atoms with van der Waals surface area (Å²) in [5, 5.41) is 0. The first-order chi connectivity index (χ1) is 9.40. The van der Waals surface area contributed by atoms with Crippen molar-refractivity contribution in [2.24, 2.45) is 5.73 Å². The Morgan fingerprint density at radius 1 is 1.15 bits per heavy atom. The Bertz CT molecular complexity index is 586. The van der Waals surface area contributed by atoms with Crippen molar-refractivity contribution >= 4 is 0 Å². The first-order valence-corrected chi connectivity index (χ1v) is 6.71. The van der Waals surface area contributed by atoms with Crippen LogP contribution in [0.1, 0.15) is 37.6 Å². The van der Waals surface area contributed by atoms with E-state index in [2.05, 4.69) is 42.9 Å². The summed E-state index contributed by atoms with van der Waals surface area (Å²) in [4.78, 5) is 8.46. The van der Waals surface area contributed by atoms with E-state index in [1.165, 1.54) is 5.56 Å². The van der Waals surface area contributed by atoms with Crippen molar-refractivity contribution < 1.29 is 4.74 Å². The molecule has 2 N–H and O–H groups in total. The number of aromatic nitrogens is 2. The fourth-order valence-corrected chi connectivity index (χ4v) is 1.85. The van der Waals surface area contributed by atoms with Crippen molar-refractivity contribution in [1.29, 1.82) is 0 Å². The Balaban J connectivity index is 2.16. The summed E-state index contributed by atoms with van der Waals surface area (Å²) in [7, 11) is 0. The molecule has 0 unspecified atom stereocenters. The van der Waals surface area contributed by atoms with Crippen LogP contribution in [0.2, 0.25) is 0 Å². The van der Waals surface area contributed by atoms with Crippen LogP contribution in [0.5, 0.6) is 11.8 Å². The fourth-order valence-electron chi connectivity index (χ4n) is 1.85. The molecule has 106 valence electrons. The number of aryl methyl sites for hydroxylation is 1. The predicted molar refractivity (Wildman–Crippen MR) is 79.9 cm³/mol. The zero-order valence-electron chi connectivity index (χ0n) is 12.5. The molecule has 1 heterocycles. The van der Waals surface area contributed by atoms with Crippen LogP contribution in [-0.2, 0) is 12.0 Å². The summed E-state index contributed by atoms with van der Waals surface area (Å²) in [6.45, 7) is 8.88. The quantitative estimate of drug-likeness (QED) is 0.930. The Labute approximate surface area is 120 Å². The molecule has 4 heteroatoms. The van der Waals surface area contributed by atoms with Gasteiger partial charge in [0.05, 0.1) is 0 Å². The maximum absolute atomic E-state index is 5.66. The van der Waals surface area contributed by atoms with E-state index < -0.39 is 0 Å². The van der Waals surface area contributed by atoms with Crippen LogP contribution < -0.4 is 10.5 Å². The second kappa shape index (κ2) is 5.59. The summed E-state index contributed by atoms with van der Waals surface area (Å²) in [6, 6.07) is 8.36. The summed E-state index contributed by atoms with van der Waals surface area (Å²) in [5.41, 5.74) is 8.77. The van der Waals surface area contributed by atoms with Gasteiger partial charge in [-0.2, -0.15) is 4.98 Å². The highest BCUT2D eigenvalue weighted by atomic mass is 16.5. The normalized spacial score (nSPS) is 11.4. The Morgan fingerprint density at radius 3 is 2.30 bits per heavy atom. The van der Waals surface area contributed by atoms with Gasteiger partial charge in [-0.15, -0.1) is 0 Å². The van der Waals surface area contributed by atoms with E-state index in [9.17, 15) is 0 Å². The third-order valence-corrected chi connectivity index (χ3v) is 3.21. The van der Waals surface area contributed by atoms with E-state index in [0.717, 1.165) is 17.0 Å². The van der Waals surface area contributed by atoms with Gasteiger partial charge in [-0.3, -0.25) is 0 Å². The molecule has 20 heavy (non-hydrogen) atoms. The SMILES string of the molecule is Cc1nc(Oc2ccc(C(C)(C)C)cc2)ncc1CN. The van der Waals surface area contributed by atoms with Crippen molar-refractivity contribution in [3.63, 3.8) is 0 Å². The van der Waals surface area contributed by atoms with Gasteiger partial charge in [-0.05, 0) is 30.0 Å².